The van der Waals surface area contributed by atoms with Crippen LogP contribution in [0.4, 0.5) is 5.69 Å². The Kier molecular flexibility index (Phi) is 6.16. The lowest BCUT2D eigenvalue weighted by Crippen LogP contribution is -2.52. The van der Waals surface area contributed by atoms with Crippen LogP contribution < -0.4 is 5.32 Å². The number of nitrogens with one attached hydrogen (secondary N) is 1. The molecule has 1 N–H and O–H groups in total. The van der Waals surface area contributed by atoms with Crippen LogP contribution in [-0.2, 0) is 4.79 Å². The Labute approximate surface area is 157 Å². The van der Waals surface area contributed by atoms with Crippen molar-refractivity contribution in [2.45, 2.75) is 51.6 Å². The Morgan fingerprint density at radius 2 is 1.85 bits per heavy atom. The number of piperazine rings is 1. The first-order chi connectivity index (χ1) is 12.6. The standard InChI is InChI=1S/C21H30N4O/c1-16(2)24-10-12-25(13-11-24)21(26)18-6-8-19(9-7-18)23-20-5-3-4-17(14-20)15-22/h3-5,14,16,18-19,23H,6-13H2,1-2H3. The second-order valence-corrected chi connectivity index (χ2v) is 7.84. The molecule has 2 fully saturated rings. The molecule has 3 rings (SSSR count). The first kappa shape index (κ1) is 18.7. The zero-order valence-electron chi connectivity index (χ0n) is 15.9. The Morgan fingerprint density at radius 1 is 1.15 bits per heavy atom. The number of hydrogen-bond donors (Lipinski definition) is 1. The molecule has 1 aliphatic heterocycles. The fourth-order valence-electron chi connectivity index (χ4n) is 4.12. The molecule has 1 aromatic rings. The molecule has 1 amide bonds. The average Bonchev–Trinajstić information content (AvgIpc) is 2.68. The monoisotopic (exact) mass is 354 g/mol. The van der Waals surface area contributed by atoms with Gasteiger partial charge in [-0.15, -0.1) is 0 Å². The number of anilines is 1. The molecule has 0 aromatic heterocycles. The van der Waals surface area contributed by atoms with E-state index in [1.165, 1.54) is 0 Å². The van der Waals surface area contributed by atoms with Crippen LogP contribution in [0, 0.1) is 17.2 Å². The fraction of sp³-hybridized carbons (Fsp3) is 0.619. The van der Waals surface area contributed by atoms with Gasteiger partial charge in [0, 0.05) is 49.9 Å². The highest BCUT2D eigenvalue weighted by atomic mass is 16.2. The zero-order valence-corrected chi connectivity index (χ0v) is 15.9. The van der Waals surface area contributed by atoms with Crippen molar-refractivity contribution in [2.75, 3.05) is 31.5 Å². The van der Waals surface area contributed by atoms with Gasteiger partial charge in [0.05, 0.1) is 11.6 Å². The summed E-state index contributed by atoms with van der Waals surface area (Å²) in [6.45, 7) is 8.17. The van der Waals surface area contributed by atoms with Gasteiger partial charge in [-0.1, -0.05) is 6.07 Å². The van der Waals surface area contributed by atoms with E-state index in [0.717, 1.165) is 57.5 Å². The third kappa shape index (κ3) is 4.56. The van der Waals surface area contributed by atoms with Crippen LogP contribution in [0.15, 0.2) is 24.3 Å². The summed E-state index contributed by atoms with van der Waals surface area (Å²) in [5, 5.41) is 12.5. The van der Waals surface area contributed by atoms with Crippen LogP contribution >= 0.6 is 0 Å². The van der Waals surface area contributed by atoms with E-state index < -0.39 is 0 Å². The van der Waals surface area contributed by atoms with Gasteiger partial charge in [0.25, 0.3) is 0 Å². The van der Waals surface area contributed by atoms with Crippen molar-refractivity contribution in [3.63, 3.8) is 0 Å². The first-order valence-corrected chi connectivity index (χ1v) is 9.86. The number of hydrogen-bond acceptors (Lipinski definition) is 4. The van der Waals surface area contributed by atoms with Crippen molar-refractivity contribution in [3.8, 4) is 6.07 Å². The number of nitrogens with zero attached hydrogens (tertiary/aromatic N) is 3. The third-order valence-corrected chi connectivity index (χ3v) is 5.80. The minimum absolute atomic E-state index is 0.184. The maximum atomic E-state index is 12.8. The summed E-state index contributed by atoms with van der Waals surface area (Å²) in [7, 11) is 0. The summed E-state index contributed by atoms with van der Waals surface area (Å²) < 4.78 is 0. The molecule has 1 aliphatic carbocycles. The second kappa shape index (κ2) is 8.55. The number of carbonyl (C=O) groups is 1. The molecule has 140 valence electrons. The van der Waals surface area contributed by atoms with E-state index in [9.17, 15) is 4.79 Å². The summed E-state index contributed by atoms with van der Waals surface area (Å²) in [6, 6.07) is 10.8. The van der Waals surface area contributed by atoms with Crippen molar-refractivity contribution >= 4 is 11.6 Å². The van der Waals surface area contributed by atoms with Gasteiger partial charge in [-0.2, -0.15) is 5.26 Å². The molecule has 0 bridgehead atoms. The summed E-state index contributed by atoms with van der Waals surface area (Å²) in [4.78, 5) is 17.4. The highest BCUT2D eigenvalue weighted by molar-refractivity contribution is 5.79. The topological polar surface area (TPSA) is 59.4 Å². The normalized spacial score (nSPS) is 24.3. The Morgan fingerprint density at radius 3 is 2.46 bits per heavy atom. The van der Waals surface area contributed by atoms with Crippen LogP contribution in [0.1, 0.15) is 45.1 Å². The highest BCUT2D eigenvalue weighted by Gasteiger charge is 2.31. The van der Waals surface area contributed by atoms with Gasteiger partial charge in [0.1, 0.15) is 0 Å². The average molecular weight is 354 g/mol. The van der Waals surface area contributed by atoms with Gasteiger partial charge in [0.2, 0.25) is 5.91 Å². The quantitative estimate of drug-likeness (QED) is 0.903. The van der Waals surface area contributed by atoms with E-state index in [0.29, 0.717) is 23.6 Å². The third-order valence-electron chi connectivity index (χ3n) is 5.80. The molecule has 2 aliphatic rings. The van der Waals surface area contributed by atoms with Crippen LogP contribution in [0.3, 0.4) is 0 Å². The molecule has 0 radical (unpaired) electrons. The van der Waals surface area contributed by atoms with Gasteiger partial charge in [0.15, 0.2) is 0 Å². The largest absolute Gasteiger partial charge is 0.382 e. The summed E-state index contributed by atoms with van der Waals surface area (Å²) >= 11 is 0. The number of rotatable bonds is 4. The lowest BCUT2D eigenvalue weighted by atomic mass is 9.85. The van der Waals surface area contributed by atoms with E-state index in [1.807, 2.05) is 24.3 Å². The molecule has 0 spiro atoms. The number of nitriles is 1. The van der Waals surface area contributed by atoms with Crippen molar-refractivity contribution in [1.82, 2.24) is 9.80 Å². The second-order valence-electron chi connectivity index (χ2n) is 7.84. The molecule has 1 saturated carbocycles. The van der Waals surface area contributed by atoms with Gasteiger partial charge in [-0.05, 0) is 57.7 Å². The summed E-state index contributed by atoms with van der Waals surface area (Å²) in [5.74, 6) is 0.544. The zero-order chi connectivity index (χ0) is 18.5. The number of amides is 1. The van der Waals surface area contributed by atoms with Crippen molar-refractivity contribution in [1.29, 1.82) is 5.26 Å². The summed E-state index contributed by atoms with van der Waals surface area (Å²) in [5.41, 5.74) is 1.68. The lowest BCUT2D eigenvalue weighted by Gasteiger charge is -2.39. The van der Waals surface area contributed by atoms with Gasteiger partial charge >= 0.3 is 0 Å². The molecule has 5 nitrogen and oxygen atoms in total. The molecule has 5 heteroatoms. The fourth-order valence-corrected chi connectivity index (χ4v) is 4.12. The minimum atomic E-state index is 0.184. The lowest BCUT2D eigenvalue weighted by molar-refractivity contribution is -0.138. The predicted octanol–water partition coefficient (Wildman–Crippen LogP) is 3.08. The van der Waals surface area contributed by atoms with Crippen molar-refractivity contribution < 1.29 is 4.79 Å². The number of carbonyl (C=O) groups excluding carboxylic acids is 1. The maximum Gasteiger partial charge on any atom is 0.225 e. The highest BCUT2D eigenvalue weighted by Crippen LogP contribution is 2.28. The SMILES string of the molecule is CC(C)N1CCN(C(=O)C2CCC(Nc3cccc(C#N)c3)CC2)CC1. The van der Waals surface area contributed by atoms with Crippen LogP contribution in [0.25, 0.3) is 0 Å². The number of benzene rings is 1. The van der Waals surface area contributed by atoms with E-state index in [-0.39, 0.29) is 5.92 Å². The van der Waals surface area contributed by atoms with E-state index >= 15 is 0 Å². The molecule has 0 atom stereocenters. The Bertz CT molecular complexity index is 650. The molecule has 26 heavy (non-hydrogen) atoms. The first-order valence-electron chi connectivity index (χ1n) is 9.86. The van der Waals surface area contributed by atoms with Crippen LogP contribution in [0.5, 0.6) is 0 Å². The summed E-state index contributed by atoms with van der Waals surface area (Å²) in [6.07, 6.45) is 3.94. The Balaban J connectivity index is 1.46. The molecular formula is C21H30N4O. The van der Waals surface area contributed by atoms with E-state index in [2.05, 4.69) is 35.0 Å². The molecule has 1 saturated heterocycles. The van der Waals surface area contributed by atoms with Crippen LogP contribution in [-0.4, -0.2) is 54.0 Å². The Hall–Kier alpha value is -2.06. The molecule has 1 heterocycles. The molecular weight excluding hydrogens is 324 g/mol. The van der Waals surface area contributed by atoms with E-state index in [4.69, 9.17) is 5.26 Å². The molecule has 0 unspecified atom stereocenters. The van der Waals surface area contributed by atoms with Crippen LogP contribution in [0.2, 0.25) is 0 Å². The minimum Gasteiger partial charge on any atom is -0.382 e. The van der Waals surface area contributed by atoms with Gasteiger partial charge in [-0.3, -0.25) is 9.69 Å². The van der Waals surface area contributed by atoms with Gasteiger partial charge < -0.3 is 10.2 Å². The molecule has 1 aromatic carbocycles. The maximum absolute atomic E-state index is 12.8. The van der Waals surface area contributed by atoms with Crippen molar-refractivity contribution in [2.24, 2.45) is 5.92 Å². The van der Waals surface area contributed by atoms with E-state index in [1.54, 1.807) is 0 Å². The van der Waals surface area contributed by atoms with Gasteiger partial charge in [-0.25, -0.2) is 0 Å². The van der Waals surface area contributed by atoms with Crippen molar-refractivity contribution in [3.05, 3.63) is 29.8 Å². The smallest absolute Gasteiger partial charge is 0.225 e. The predicted molar refractivity (Wildman–Crippen MR) is 104 cm³/mol.